The number of piperidine rings is 1. The van der Waals surface area contributed by atoms with Crippen molar-refractivity contribution in [2.45, 2.75) is 45.6 Å². The first kappa shape index (κ1) is 21.2. The van der Waals surface area contributed by atoms with Crippen molar-refractivity contribution in [3.8, 4) is 0 Å². The van der Waals surface area contributed by atoms with Crippen LogP contribution in [0.15, 0.2) is 24.4 Å². The number of benzene rings is 1. The van der Waals surface area contributed by atoms with Gasteiger partial charge in [-0.2, -0.15) is 0 Å². The molecule has 1 aromatic heterocycles. The van der Waals surface area contributed by atoms with Crippen molar-refractivity contribution in [1.29, 1.82) is 0 Å². The third-order valence-corrected chi connectivity index (χ3v) is 5.62. The van der Waals surface area contributed by atoms with Crippen LogP contribution in [-0.2, 0) is 9.53 Å². The minimum atomic E-state index is -0.680. The Balaban J connectivity index is 1.72. The summed E-state index contributed by atoms with van der Waals surface area (Å²) in [6.07, 6.45) is 4.37. The molecule has 0 saturated carbocycles. The molecule has 158 valence electrons. The molecule has 0 radical (unpaired) electrons. The van der Waals surface area contributed by atoms with Gasteiger partial charge >= 0.3 is 12.0 Å². The van der Waals surface area contributed by atoms with Crippen molar-refractivity contribution in [1.82, 2.24) is 15.2 Å². The molecule has 1 aliphatic rings. The van der Waals surface area contributed by atoms with E-state index in [4.69, 9.17) is 4.74 Å². The Hall–Kier alpha value is -2.54. The maximum atomic E-state index is 12.5. The molecule has 7 nitrogen and oxygen atoms in total. The number of aromatic nitrogens is 1. The van der Waals surface area contributed by atoms with Gasteiger partial charge in [-0.05, 0) is 75.5 Å². The second kappa shape index (κ2) is 9.31. The normalized spacial score (nSPS) is 16.7. The van der Waals surface area contributed by atoms with Gasteiger partial charge in [-0.1, -0.05) is 13.8 Å². The van der Waals surface area contributed by atoms with Crippen molar-refractivity contribution >= 4 is 28.6 Å². The van der Waals surface area contributed by atoms with E-state index in [9.17, 15) is 9.59 Å². The fourth-order valence-corrected chi connectivity index (χ4v) is 3.92. The monoisotopic (exact) mass is 400 g/mol. The molecule has 2 aromatic rings. The number of amides is 2. The number of hydrogen-bond donors (Lipinski definition) is 3. The zero-order chi connectivity index (χ0) is 21.0. The number of nitrogens with zero attached hydrogens (tertiary/aromatic N) is 1. The Morgan fingerprint density at radius 3 is 2.66 bits per heavy atom. The van der Waals surface area contributed by atoms with E-state index in [-0.39, 0.29) is 12.5 Å². The van der Waals surface area contributed by atoms with Gasteiger partial charge < -0.3 is 25.3 Å². The highest BCUT2D eigenvalue weighted by atomic mass is 16.5. The van der Waals surface area contributed by atoms with Crippen LogP contribution in [0.1, 0.15) is 45.1 Å². The fraction of sp³-hybridized carbons (Fsp3) is 0.545. The second-order valence-electron chi connectivity index (χ2n) is 8.15. The van der Waals surface area contributed by atoms with Gasteiger partial charge in [0.15, 0.2) is 0 Å². The van der Waals surface area contributed by atoms with Crippen LogP contribution in [0.5, 0.6) is 0 Å². The molecule has 1 atom stereocenters. The number of anilines is 1. The molecule has 3 rings (SSSR count). The second-order valence-corrected chi connectivity index (χ2v) is 8.15. The lowest BCUT2D eigenvalue weighted by atomic mass is 9.89. The molecule has 7 heteroatoms. The van der Waals surface area contributed by atoms with Crippen LogP contribution in [0.25, 0.3) is 10.9 Å². The number of likely N-dealkylation sites (tertiary alicyclic amines) is 1. The van der Waals surface area contributed by atoms with E-state index in [1.54, 1.807) is 6.92 Å². The van der Waals surface area contributed by atoms with Gasteiger partial charge in [0.25, 0.3) is 0 Å². The van der Waals surface area contributed by atoms with Crippen LogP contribution in [0.4, 0.5) is 10.5 Å². The highest BCUT2D eigenvalue weighted by Crippen LogP contribution is 2.34. The van der Waals surface area contributed by atoms with Gasteiger partial charge in [0.05, 0.1) is 6.61 Å². The third-order valence-electron chi connectivity index (χ3n) is 5.62. The average Bonchev–Trinajstić information content (AvgIpc) is 3.10. The minimum Gasteiger partial charge on any atom is -0.464 e. The number of carbonyl (C=O) groups is 2. The molecule has 0 bridgehead atoms. The summed E-state index contributed by atoms with van der Waals surface area (Å²) < 4.78 is 5.07. The molecule has 1 fully saturated rings. The Bertz CT molecular complexity index is 853. The van der Waals surface area contributed by atoms with E-state index in [2.05, 4.69) is 33.8 Å². The summed E-state index contributed by atoms with van der Waals surface area (Å²) in [7, 11) is 2.16. The molecule has 2 amide bonds. The van der Waals surface area contributed by atoms with Crippen LogP contribution in [0.2, 0.25) is 0 Å². The van der Waals surface area contributed by atoms with Crippen molar-refractivity contribution in [3.63, 3.8) is 0 Å². The highest BCUT2D eigenvalue weighted by molar-refractivity contribution is 5.95. The summed E-state index contributed by atoms with van der Waals surface area (Å²) in [5.41, 5.74) is 3.08. The number of hydrogen-bond acceptors (Lipinski definition) is 4. The number of nitrogens with one attached hydrogen (secondary N) is 3. The smallest absolute Gasteiger partial charge is 0.328 e. The lowest BCUT2D eigenvalue weighted by Gasteiger charge is -2.28. The predicted octanol–water partition coefficient (Wildman–Crippen LogP) is 3.69. The van der Waals surface area contributed by atoms with Crippen LogP contribution < -0.4 is 10.6 Å². The molecule has 1 aromatic carbocycles. The zero-order valence-corrected chi connectivity index (χ0v) is 17.7. The van der Waals surface area contributed by atoms with Gasteiger partial charge in [0.2, 0.25) is 0 Å². The Labute approximate surface area is 172 Å². The van der Waals surface area contributed by atoms with Gasteiger partial charge in [-0.25, -0.2) is 9.59 Å². The van der Waals surface area contributed by atoms with Gasteiger partial charge in [-0.3, -0.25) is 0 Å². The van der Waals surface area contributed by atoms with Crippen LogP contribution >= 0.6 is 0 Å². The first-order valence-electron chi connectivity index (χ1n) is 10.4. The largest absolute Gasteiger partial charge is 0.464 e. The summed E-state index contributed by atoms with van der Waals surface area (Å²) in [4.78, 5) is 30.3. The quantitative estimate of drug-likeness (QED) is 0.646. The van der Waals surface area contributed by atoms with Crippen LogP contribution in [-0.4, -0.2) is 54.7 Å². The molecule has 29 heavy (non-hydrogen) atoms. The summed E-state index contributed by atoms with van der Waals surface area (Å²) >= 11 is 0. The predicted molar refractivity (Wildman–Crippen MR) is 115 cm³/mol. The zero-order valence-electron chi connectivity index (χ0n) is 17.7. The third kappa shape index (κ3) is 5.09. The Kier molecular flexibility index (Phi) is 6.79. The summed E-state index contributed by atoms with van der Waals surface area (Å²) in [6, 6.07) is 4.77. The van der Waals surface area contributed by atoms with E-state index < -0.39 is 18.0 Å². The molecule has 3 N–H and O–H groups in total. The lowest BCUT2D eigenvalue weighted by Crippen LogP contribution is -2.47. The maximum Gasteiger partial charge on any atom is 0.328 e. The van der Waals surface area contributed by atoms with Crippen LogP contribution in [0, 0.1) is 5.92 Å². The van der Waals surface area contributed by atoms with Gasteiger partial charge in [0.1, 0.15) is 6.04 Å². The Morgan fingerprint density at radius 2 is 2.00 bits per heavy atom. The standard InChI is InChI=1S/C22H32N4O3/c1-5-29-21(27)20(14(2)3)25-22(28)24-16-6-7-19-17(12-16)18(13-23-19)15-8-10-26(4)11-9-15/h6-7,12-15,20,23H,5,8-11H2,1-4H3,(H2,24,25,28). The lowest BCUT2D eigenvalue weighted by molar-refractivity contribution is -0.146. The fourth-order valence-electron chi connectivity index (χ4n) is 3.92. The molecule has 0 spiro atoms. The van der Waals surface area contributed by atoms with Gasteiger partial charge in [0, 0.05) is 22.8 Å². The molecule has 0 aliphatic carbocycles. The molecular formula is C22H32N4O3. The van der Waals surface area contributed by atoms with E-state index in [0.717, 1.165) is 36.8 Å². The number of aromatic amines is 1. The topological polar surface area (TPSA) is 86.5 Å². The number of H-pyrrole nitrogens is 1. The summed E-state index contributed by atoms with van der Waals surface area (Å²) in [5, 5.41) is 6.74. The first-order chi connectivity index (χ1) is 13.9. The van der Waals surface area contributed by atoms with E-state index >= 15 is 0 Å². The SMILES string of the molecule is CCOC(=O)C(NC(=O)Nc1ccc2[nH]cc(C3CCN(C)CC3)c2c1)C(C)C. The van der Waals surface area contributed by atoms with Crippen molar-refractivity contribution in [2.75, 3.05) is 32.1 Å². The van der Waals surface area contributed by atoms with Crippen LogP contribution in [0.3, 0.4) is 0 Å². The molecule has 1 aliphatic heterocycles. The minimum absolute atomic E-state index is 0.0667. The van der Waals surface area contributed by atoms with E-state index in [0.29, 0.717) is 11.6 Å². The number of urea groups is 1. The van der Waals surface area contributed by atoms with Gasteiger partial charge in [-0.15, -0.1) is 0 Å². The first-order valence-corrected chi connectivity index (χ1v) is 10.4. The average molecular weight is 401 g/mol. The summed E-state index contributed by atoms with van der Waals surface area (Å²) in [6.45, 7) is 7.99. The Morgan fingerprint density at radius 1 is 1.28 bits per heavy atom. The van der Waals surface area contributed by atoms with E-state index in [1.165, 1.54) is 5.56 Å². The number of ether oxygens (including phenoxy) is 1. The number of rotatable bonds is 6. The van der Waals surface area contributed by atoms with Crippen molar-refractivity contribution < 1.29 is 14.3 Å². The highest BCUT2D eigenvalue weighted by Gasteiger charge is 2.26. The van der Waals surface area contributed by atoms with Crippen molar-refractivity contribution in [2.24, 2.45) is 5.92 Å². The molecule has 1 saturated heterocycles. The number of carbonyl (C=O) groups excluding carboxylic acids is 2. The summed E-state index contributed by atoms with van der Waals surface area (Å²) in [5.74, 6) is 0.0458. The molecule has 1 unspecified atom stereocenters. The maximum absolute atomic E-state index is 12.5. The number of esters is 1. The number of fused-ring (bicyclic) bond motifs is 1. The van der Waals surface area contributed by atoms with Crippen molar-refractivity contribution in [3.05, 3.63) is 30.0 Å². The molecule has 2 heterocycles. The van der Waals surface area contributed by atoms with E-state index in [1.807, 2.05) is 32.0 Å². The molecular weight excluding hydrogens is 368 g/mol.